The van der Waals surface area contributed by atoms with Crippen LogP contribution in [0.4, 0.5) is 5.82 Å². The summed E-state index contributed by atoms with van der Waals surface area (Å²) < 4.78 is 11.0. The van der Waals surface area contributed by atoms with Gasteiger partial charge in [0.25, 0.3) is 5.56 Å². The van der Waals surface area contributed by atoms with Crippen molar-refractivity contribution in [3.8, 4) is 11.5 Å². The number of allylic oxidation sites excluding steroid dienone is 1. The van der Waals surface area contributed by atoms with Gasteiger partial charge < -0.3 is 14.4 Å². The van der Waals surface area contributed by atoms with E-state index in [1.165, 1.54) is 6.07 Å². The molecule has 0 saturated heterocycles. The molecule has 1 aliphatic rings. The first-order valence-corrected chi connectivity index (χ1v) is 9.44. The molecule has 0 aliphatic carbocycles. The van der Waals surface area contributed by atoms with Crippen LogP contribution >= 0.6 is 11.6 Å². The van der Waals surface area contributed by atoms with Gasteiger partial charge in [-0.2, -0.15) is 5.10 Å². The van der Waals surface area contributed by atoms with Crippen LogP contribution < -0.4 is 19.9 Å². The Labute approximate surface area is 173 Å². The second-order valence-electron chi connectivity index (χ2n) is 6.73. The van der Waals surface area contributed by atoms with E-state index in [0.717, 1.165) is 22.4 Å². The van der Waals surface area contributed by atoms with Gasteiger partial charge in [-0.1, -0.05) is 23.7 Å². The average molecular weight is 410 g/mol. The van der Waals surface area contributed by atoms with Crippen LogP contribution in [0.2, 0.25) is 5.02 Å². The Morgan fingerprint density at radius 1 is 1.07 bits per heavy atom. The zero-order valence-corrected chi connectivity index (χ0v) is 17.0. The van der Waals surface area contributed by atoms with Gasteiger partial charge in [0.1, 0.15) is 0 Å². The number of aromatic nitrogens is 2. The predicted octanol–water partition coefficient (Wildman–Crippen LogP) is 4.41. The lowest BCUT2D eigenvalue weighted by Crippen LogP contribution is -2.32. The van der Waals surface area contributed by atoms with Crippen molar-refractivity contribution in [2.45, 2.75) is 13.0 Å². The molecule has 0 saturated carbocycles. The van der Waals surface area contributed by atoms with Crippen molar-refractivity contribution >= 4 is 23.5 Å². The summed E-state index contributed by atoms with van der Waals surface area (Å²) >= 11 is 6.31. The Hall–Kier alpha value is -3.25. The lowest BCUT2D eigenvalue weighted by Gasteiger charge is -2.38. The lowest BCUT2D eigenvalue weighted by molar-refractivity contribution is 0.354. The van der Waals surface area contributed by atoms with Gasteiger partial charge in [-0.25, -0.2) is 5.10 Å². The highest BCUT2D eigenvalue weighted by molar-refractivity contribution is 6.30. The summed E-state index contributed by atoms with van der Waals surface area (Å²) in [6.45, 7) is 2.00. The average Bonchev–Trinajstić information content (AvgIpc) is 2.72. The second kappa shape index (κ2) is 7.64. The molecule has 2 heterocycles. The monoisotopic (exact) mass is 409 g/mol. The lowest BCUT2D eigenvalue weighted by atomic mass is 9.88. The number of nitrogens with one attached hydrogen (secondary N) is 1. The van der Waals surface area contributed by atoms with Crippen molar-refractivity contribution in [1.82, 2.24) is 10.2 Å². The minimum atomic E-state index is -0.251. The minimum absolute atomic E-state index is 0.216. The number of halogens is 1. The number of fused-ring (bicyclic) bond motifs is 1. The zero-order chi connectivity index (χ0) is 20.5. The standard InChI is InChI=1S/C22H20ClN3O3/c1-13-9-15-11-18(28-2)19(29-3)12-17(15)22(14-5-4-6-16(23)10-14)26(13)20-7-8-21(27)25-24-20/h4-12,22H,1-3H3,(H,25,27). The molecule has 0 amide bonds. The van der Waals surface area contributed by atoms with Crippen LogP contribution in [0.15, 0.2) is 59.0 Å². The summed E-state index contributed by atoms with van der Waals surface area (Å²) in [6.07, 6.45) is 2.06. The first-order valence-electron chi connectivity index (χ1n) is 9.06. The predicted molar refractivity (Wildman–Crippen MR) is 114 cm³/mol. The zero-order valence-electron chi connectivity index (χ0n) is 16.3. The van der Waals surface area contributed by atoms with Crippen LogP contribution in [-0.4, -0.2) is 24.4 Å². The molecule has 0 bridgehead atoms. The molecule has 6 nitrogen and oxygen atoms in total. The third-order valence-corrected chi connectivity index (χ3v) is 5.20. The van der Waals surface area contributed by atoms with Crippen LogP contribution in [-0.2, 0) is 0 Å². The van der Waals surface area contributed by atoms with E-state index in [-0.39, 0.29) is 11.6 Å². The highest BCUT2D eigenvalue weighted by Crippen LogP contribution is 2.44. The van der Waals surface area contributed by atoms with Gasteiger partial charge in [0.05, 0.1) is 20.3 Å². The van der Waals surface area contributed by atoms with Crippen LogP contribution in [0.25, 0.3) is 6.08 Å². The molecule has 0 spiro atoms. The van der Waals surface area contributed by atoms with Gasteiger partial charge in [0.2, 0.25) is 0 Å². The van der Waals surface area contributed by atoms with Crippen molar-refractivity contribution in [3.63, 3.8) is 0 Å². The maximum absolute atomic E-state index is 11.5. The number of benzene rings is 2. The smallest absolute Gasteiger partial charge is 0.264 e. The molecular weight excluding hydrogens is 390 g/mol. The van der Waals surface area contributed by atoms with E-state index in [2.05, 4.69) is 21.2 Å². The van der Waals surface area contributed by atoms with Gasteiger partial charge in [-0.3, -0.25) is 4.79 Å². The Kier molecular flexibility index (Phi) is 5.03. The molecule has 4 rings (SSSR count). The van der Waals surface area contributed by atoms with E-state index in [1.54, 1.807) is 20.3 Å². The summed E-state index contributed by atoms with van der Waals surface area (Å²) in [6, 6.07) is 14.6. The van der Waals surface area contributed by atoms with Gasteiger partial charge in [-0.05, 0) is 60.0 Å². The summed E-state index contributed by atoms with van der Waals surface area (Å²) in [5.74, 6) is 1.93. The third kappa shape index (κ3) is 3.47. The van der Waals surface area contributed by atoms with Crippen LogP contribution in [0, 0.1) is 0 Å². The van der Waals surface area contributed by atoms with Gasteiger partial charge >= 0.3 is 0 Å². The number of hydrogen-bond donors (Lipinski definition) is 1. The fourth-order valence-electron chi connectivity index (χ4n) is 3.70. The van der Waals surface area contributed by atoms with Gasteiger partial charge in [-0.15, -0.1) is 0 Å². The van der Waals surface area contributed by atoms with E-state index >= 15 is 0 Å². The van der Waals surface area contributed by atoms with Crippen molar-refractivity contribution in [2.75, 3.05) is 19.1 Å². The molecule has 1 unspecified atom stereocenters. The highest BCUT2D eigenvalue weighted by atomic mass is 35.5. The topological polar surface area (TPSA) is 67.5 Å². The minimum Gasteiger partial charge on any atom is -0.493 e. The van der Waals surface area contributed by atoms with Crippen LogP contribution in [0.1, 0.15) is 29.7 Å². The van der Waals surface area contributed by atoms with Crippen molar-refractivity contribution in [3.05, 3.63) is 86.3 Å². The fraction of sp³-hybridized carbons (Fsp3) is 0.182. The summed E-state index contributed by atoms with van der Waals surface area (Å²) in [4.78, 5) is 13.6. The number of ether oxygens (including phenoxy) is 2. The molecule has 7 heteroatoms. The number of anilines is 1. The summed E-state index contributed by atoms with van der Waals surface area (Å²) in [5, 5.41) is 7.42. The number of nitrogens with zero attached hydrogens (tertiary/aromatic N) is 2. The molecule has 1 aliphatic heterocycles. The maximum atomic E-state index is 11.5. The number of H-pyrrole nitrogens is 1. The Balaban J connectivity index is 1.98. The largest absolute Gasteiger partial charge is 0.493 e. The summed E-state index contributed by atoms with van der Waals surface area (Å²) in [7, 11) is 3.23. The van der Waals surface area contributed by atoms with E-state index in [4.69, 9.17) is 21.1 Å². The van der Waals surface area contributed by atoms with Crippen molar-refractivity contribution < 1.29 is 9.47 Å². The van der Waals surface area contributed by atoms with Gasteiger partial charge in [0, 0.05) is 16.8 Å². The Bertz CT molecular complexity index is 1140. The van der Waals surface area contributed by atoms with Crippen LogP contribution in [0.5, 0.6) is 11.5 Å². The maximum Gasteiger partial charge on any atom is 0.264 e. The molecule has 1 aromatic heterocycles. The van der Waals surface area contributed by atoms with Crippen molar-refractivity contribution in [1.29, 1.82) is 0 Å². The molecule has 3 aromatic rings. The van der Waals surface area contributed by atoms with Crippen molar-refractivity contribution in [2.24, 2.45) is 0 Å². The number of rotatable bonds is 4. The Morgan fingerprint density at radius 2 is 1.83 bits per heavy atom. The first-order chi connectivity index (χ1) is 14.0. The number of methoxy groups -OCH3 is 2. The number of aromatic amines is 1. The molecule has 2 aromatic carbocycles. The normalized spacial score (nSPS) is 15.5. The highest BCUT2D eigenvalue weighted by Gasteiger charge is 2.32. The van der Waals surface area contributed by atoms with E-state index in [0.29, 0.717) is 22.3 Å². The third-order valence-electron chi connectivity index (χ3n) is 4.96. The van der Waals surface area contributed by atoms with E-state index in [1.807, 2.05) is 43.3 Å². The molecular formula is C22H20ClN3O3. The van der Waals surface area contributed by atoms with Gasteiger partial charge in [0.15, 0.2) is 17.3 Å². The van der Waals surface area contributed by atoms with E-state index in [9.17, 15) is 4.79 Å². The van der Waals surface area contributed by atoms with Crippen LogP contribution in [0.3, 0.4) is 0 Å². The molecule has 0 fully saturated rings. The fourth-order valence-corrected chi connectivity index (χ4v) is 3.90. The molecule has 1 atom stereocenters. The number of hydrogen-bond acceptors (Lipinski definition) is 5. The second-order valence-corrected chi connectivity index (χ2v) is 7.17. The molecule has 1 N–H and O–H groups in total. The quantitative estimate of drug-likeness (QED) is 0.691. The first kappa shape index (κ1) is 19.1. The van der Waals surface area contributed by atoms with E-state index < -0.39 is 0 Å². The molecule has 0 radical (unpaired) electrons. The SMILES string of the molecule is COc1cc2c(cc1OC)C(c1cccc(Cl)c1)N(c1ccc(=O)[nH]n1)C(C)=C2. The Morgan fingerprint density at radius 3 is 2.48 bits per heavy atom. The summed E-state index contributed by atoms with van der Waals surface area (Å²) in [5.41, 5.74) is 3.74. The molecule has 29 heavy (non-hydrogen) atoms. The molecule has 148 valence electrons.